The SMILES string of the molecule is COc1ccc2nnc(CNC3CCc4cc(F)c(Cl)cc43)n2n1. The van der Waals surface area contributed by atoms with E-state index in [1.165, 1.54) is 6.07 Å². The maximum atomic E-state index is 13.6. The van der Waals surface area contributed by atoms with Crippen LogP contribution in [0.1, 0.15) is 29.4 Å². The molecule has 0 spiro atoms. The summed E-state index contributed by atoms with van der Waals surface area (Å²) in [5.74, 6) is 0.818. The van der Waals surface area contributed by atoms with E-state index in [-0.39, 0.29) is 16.9 Å². The Kier molecular flexibility index (Phi) is 3.82. The highest BCUT2D eigenvalue weighted by atomic mass is 35.5. The lowest BCUT2D eigenvalue weighted by molar-refractivity contribution is 0.388. The van der Waals surface area contributed by atoms with Gasteiger partial charge in [0.1, 0.15) is 5.82 Å². The van der Waals surface area contributed by atoms with Gasteiger partial charge >= 0.3 is 0 Å². The van der Waals surface area contributed by atoms with E-state index in [2.05, 4.69) is 20.6 Å². The molecule has 1 atom stereocenters. The molecule has 0 bridgehead atoms. The lowest BCUT2D eigenvalue weighted by Crippen LogP contribution is -2.20. The van der Waals surface area contributed by atoms with Crippen LogP contribution in [-0.4, -0.2) is 26.9 Å². The number of nitrogens with zero attached hydrogens (tertiary/aromatic N) is 4. The number of fused-ring (bicyclic) bond motifs is 2. The molecule has 1 aliphatic carbocycles. The second-order valence-electron chi connectivity index (χ2n) is 5.70. The minimum Gasteiger partial charge on any atom is -0.480 e. The highest BCUT2D eigenvalue weighted by Crippen LogP contribution is 2.34. The topological polar surface area (TPSA) is 64.3 Å². The summed E-state index contributed by atoms with van der Waals surface area (Å²) in [6.45, 7) is 0.487. The van der Waals surface area contributed by atoms with Crippen LogP contribution in [0.3, 0.4) is 0 Å². The quantitative estimate of drug-likeness (QED) is 0.786. The van der Waals surface area contributed by atoms with Crippen LogP contribution in [0.15, 0.2) is 24.3 Å². The van der Waals surface area contributed by atoms with Crippen LogP contribution in [0.25, 0.3) is 5.65 Å². The highest BCUT2D eigenvalue weighted by molar-refractivity contribution is 6.30. The molecule has 1 aliphatic rings. The molecule has 1 N–H and O–H groups in total. The second kappa shape index (κ2) is 5.99. The van der Waals surface area contributed by atoms with Crippen LogP contribution < -0.4 is 10.1 Å². The molecular weight excluding hydrogens is 333 g/mol. The summed E-state index contributed by atoms with van der Waals surface area (Å²) in [7, 11) is 1.56. The summed E-state index contributed by atoms with van der Waals surface area (Å²) in [4.78, 5) is 0. The summed E-state index contributed by atoms with van der Waals surface area (Å²) < 4.78 is 20.4. The molecule has 0 aliphatic heterocycles. The van der Waals surface area contributed by atoms with E-state index in [4.69, 9.17) is 16.3 Å². The largest absolute Gasteiger partial charge is 0.480 e. The van der Waals surface area contributed by atoms with E-state index >= 15 is 0 Å². The van der Waals surface area contributed by atoms with Gasteiger partial charge in [0.2, 0.25) is 5.88 Å². The van der Waals surface area contributed by atoms with Crippen LogP contribution in [0.2, 0.25) is 5.02 Å². The van der Waals surface area contributed by atoms with Crippen LogP contribution in [0, 0.1) is 5.82 Å². The Morgan fingerprint density at radius 3 is 3.08 bits per heavy atom. The van der Waals surface area contributed by atoms with Crippen molar-refractivity contribution in [3.05, 3.63) is 52.1 Å². The van der Waals surface area contributed by atoms with E-state index in [9.17, 15) is 4.39 Å². The molecule has 1 aromatic carbocycles. The zero-order valence-corrected chi connectivity index (χ0v) is 13.7. The normalized spacial score (nSPS) is 16.5. The van der Waals surface area contributed by atoms with E-state index in [1.54, 1.807) is 29.8 Å². The van der Waals surface area contributed by atoms with Crippen molar-refractivity contribution in [3.63, 3.8) is 0 Å². The number of hydrogen-bond acceptors (Lipinski definition) is 5. The van der Waals surface area contributed by atoms with Crippen molar-refractivity contribution in [1.29, 1.82) is 0 Å². The summed E-state index contributed by atoms with van der Waals surface area (Å²) in [5.41, 5.74) is 2.70. The molecule has 0 fully saturated rings. The van der Waals surface area contributed by atoms with Gasteiger partial charge in [-0.15, -0.1) is 15.3 Å². The molecule has 24 heavy (non-hydrogen) atoms. The van der Waals surface area contributed by atoms with Gasteiger partial charge in [0.25, 0.3) is 0 Å². The highest BCUT2D eigenvalue weighted by Gasteiger charge is 2.24. The molecule has 3 aromatic rings. The number of nitrogens with one attached hydrogen (secondary N) is 1. The van der Waals surface area contributed by atoms with Gasteiger partial charge in [-0.2, -0.15) is 4.52 Å². The summed E-state index contributed by atoms with van der Waals surface area (Å²) in [6, 6.07) is 6.88. The van der Waals surface area contributed by atoms with Gasteiger partial charge in [-0.3, -0.25) is 0 Å². The third-order valence-corrected chi connectivity index (χ3v) is 4.57. The first kappa shape index (κ1) is 15.3. The van der Waals surface area contributed by atoms with E-state index in [0.717, 1.165) is 24.0 Å². The minimum atomic E-state index is -0.365. The molecule has 8 heteroatoms. The van der Waals surface area contributed by atoms with Crippen LogP contribution >= 0.6 is 11.6 Å². The summed E-state index contributed by atoms with van der Waals surface area (Å²) in [6.07, 6.45) is 1.72. The van der Waals surface area contributed by atoms with Gasteiger partial charge in [-0.1, -0.05) is 11.6 Å². The number of halogens is 2. The first-order valence-electron chi connectivity index (χ1n) is 7.62. The molecule has 2 heterocycles. The maximum absolute atomic E-state index is 13.6. The fraction of sp³-hybridized carbons (Fsp3) is 0.312. The number of aryl methyl sites for hydroxylation is 1. The number of aromatic nitrogens is 4. The molecule has 0 saturated heterocycles. The predicted molar refractivity (Wildman–Crippen MR) is 86.6 cm³/mol. The van der Waals surface area contributed by atoms with Crippen molar-refractivity contribution in [2.75, 3.05) is 7.11 Å². The number of methoxy groups -OCH3 is 1. The monoisotopic (exact) mass is 347 g/mol. The molecule has 6 nitrogen and oxygen atoms in total. The van der Waals surface area contributed by atoms with Crippen molar-refractivity contribution < 1.29 is 9.13 Å². The fourth-order valence-electron chi connectivity index (χ4n) is 3.06. The first-order chi connectivity index (χ1) is 11.7. The number of rotatable bonds is 4. The number of ether oxygens (including phenoxy) is 1. The fourth-order valence-corrected chi connectivity index (χ4v) is 3.23. The van der Waals surface area contributed by atoms with Crippen molar-refractivity contribution >= 4 is 17.2 Å². The van der Waals surface area contributed by atoms with E-state index in [0.29, 0.717) is 23.9 Å². The smallest absolute Gasteiger partial charge is 0.231 e. The molecule has 0 radical (unpaired) electrons. The Balaban J connectivity index is 1.56. The molecule has 2 aromatic heterocycles. The van der Waals surface area contributed by atoms with Gasteiger partial charge in [-0.25, -0.2) is 4.39 Å². The van der Waals surface area contributed by atoms with Crippen LogP contribution in [0.4, 0.5) is 4.39 Å². The molecule has 0 amide bonds. The van der Waals surface area contributed by atoms with Crippen LogP contribution in [-0.2, 0) is 13.0 Å². The third kappa shape index (κ3) is 2.59. The third-order valence-electron chi connectivity index (χ3n) is 4.28. The molecule has 124 valence electrons. The Bertz CT molecular complexity index is 913. The Morgan fingerprint density at radius 2 is 2.25 bits per heavy atom. The first-order valence-corrected chi connectivity index (χ1v) is 8.00. The molecular formula is C16H15ClFN5O. The predicted octanol–water partition coefficient (Wildman–Crippen LogP) is 2.70. The van der Waals surface area contributed by atoms with Crippen molar-refractivity contribution in [1.82, 2.24) is 25.1 Å². The van der Waals surface area contributed by atoms with Gasteiger partial charge in [0.05, 0.1) is 18.7 Å². The van der Waals surface area contributed by atoms with Crippen molar-refractivity contribution in [2.24, 2.45) is 0 Å². The Hall–Kier alpha value is -2.25. The average molecular weight is 348 g/mol. The van der Waals surface area contributed by atoms with Gasteiger partial charge in [0, 0.05) is 12.1 Å². The summed E-state index contributed by atoms with van der Waals surface area (Å²) >= 11 is 5.92. The standard InChI is InChI=1S/C16H15ClFN5O/c1-24-16-5-4-14-20-21-15(23(14)22-16)8-19-13-3-2-9-6-12(18)11(17)7-10(9)13/h4-7,13,19H,2-3,8H2,1H3. The lowest BCUT2D eigenvalue weighted by Gasteiger charge is -2.13. The summed E-state index contributed by atoms with van der Waals surface area (Å²) in [5, 5.41) is 16.2. The number of benzene rings is 1. The zero-order chi connectivity index (χ0) is 16.7. The number of hydrogen-bond donors (Lipinski definition) is 1. The Labute approximate surface area is 142 Å². The molecule has 1 unspecified atom stereocenters. The van der Waals surface area contributed by atoms with Crippen molar-refractivity contribution in [3.8, 4) is 5.88 Å². The maximum Gasteiger partial charge on any atom is 0.231 e. The van der Waals surface area contributed by atoms with Crippen LogP contribution in [0.5, 0.6) is 5.88 Å². The minimum absolute atomic E-state index is 0.107. The van der Waals surface area contributed by atoms with E-state index in [1.807, 2.05) is 0 Å². The van der Waals surface area contributed by atoms with E-state index < -0.39 is 0 Å². The van der Waals surface area contributed by atoms with Gasteiger partial charge in [-0.05, 0) is 42.2 Å². The van der Waals surface area contributed by atoms with Gasteiger partial charge < -0.3 is 10.1 Å². The average Bonchev–Trinajstić information content (AvgIpc) is 3.17. The molecule has 4 rings (SSSR count). The Morgan fingerprint density at radius 1 is 1.38 bits per heavy atom. The zero-order valence-electron chi connectivity index (χ0n) is 13.0. The van der Waals surface area contributed by atoms with Gasteiger partial charge in [0.15, 0.2) is 11.5 Å². The second-order valence-corrected chi connectivity index (χ2v) is 6.11. The molecule has 0 saturated carbocycles. The lowest BCUT2D eigenvalue weighted by atomic mass is 10.1. The van der Waals surface area contributed by atoms with Crippen molar-refractivity contribution in [2.45, 2.75) is 25.4 Å².